The normalized spacial score (nSPS) is 10.0. The molecule has 0 aliphatic carbocycles. The van der Waals surface area contributed by atoms with E-state index in [2.05, 4.69) is 0 Å². The standard InChI is InChI=1S/C21H20O8S/c22-18(26-14-27-19(23)16-8-3-1-4-9-16)12-7-13-30-21(25)29-15-28-20(24)17-10-5-2-6-11-17/h1-6,8-11H,7,12-15H2. The van der Waals surface area contributed by atoms with E-state index < -0.39 is 36.8 Å². The van der Waals surface area contributed by atoms with E-state index in [1.165, 1.54) is 0 Å². The largest absolute Gasteiger partial charge is 0.428 e. The fourth-order valence-electron chi connectivity index (χ4n) is 2.08. The zero-order valence-electron chi connectivity index (χ0n) is 16.0. The van der Waals surface area contributed by atoms with E-state index in [0.717, 1.165) is 11.8 Å². The molecule has 2 aromatic rings. The molecule has 0 saturated carbocycles. The summed E-state index contributed by atoms with van der Waals surface area (Å²) in [6.45, 7) is -0.969. The van der Waals surface area contributed by atoms with Crippen molar-refractivity contribution < 1.29 is 38.1 Å². The van der Waals surface area contributed by atoms with Crippen LogP contribution in [0.25, 0.3) is 0 Å². The zero-order valence-corrected chi connectivity index (χ0v) is 16.8. The van der Waals surface area contributed by atoms with Crippen LogP contribution < -0.4 is 0 Å². The highest BCUT2D eigenvalue weighted by atomic mass is 32.2. The molecule has 0 bridgehead atoms. The third-order valence-electron chi connectivity index (χ3n) is 3.54. The van der Waals surface area contributed by atoms with Crippen molar-refractivity contribution in [3.05, 3.63) is 71.8 Å². The van der Waals surface area contributed by atoms with Crippen LogP contribution >= 0.6 is 11.8 Å². The molecule has 9 heteroatoms. The summed E-state index contributed by atoms with van der Waals surface area (Å²) < 4.78 is 19.3. The summed E-state index contributed by atoms with van der Waals surface area (Å²) in [6, 6.07) is 16.6. The lowest BCUT2D eigenvalue weighted by molar-refractivity contribution is -0.152. The topological polar surface area (TPSA) is 105 Å². The van der Waals surface area contributed by atoms with Gasteiger partial charge in [0.25, 0.3) is 0 Å². The third kappa shape index (κ3) is 8.78. The lowest BCUT2D eigenvalue weighted by atomic mass is 10.2. The van der Waals surface area contributed by atoms with Gasteiger partial charge in [0.15, 0.2) is 0 Å². The van der Waals surface area contributed by atoms with Crippen LogP contribution in [0.5, 0.6) is 0 Å². The van der Waals surface area contributed by atoms with Crippen LogP contribution in [0.3, 0.4) is 0 Å². The minimum atomic E-state index is -0.624. The van der Waals surface area contributed by atoms with E-state index in [9.17, 15) is 19.2 Å². The monoisotopic (exact) mass is 432 g/mol. The number of ether oxygens (including phenoxy) is 4. The van der Waals surface area contributed by atoms with Gasteiger partial charge in [-0.2, -0.15) is 0 Å². The van der Waals surface area contributed by atoms with Gasteiger partial charge in [-0.25, -0.2) is 14.4 Å². The number of hydrogen-bond donors (Lipinski definition) is 0. The molecule has 0 amide bonds. The molecule has 0 atom stereocenters. The molecule has 0 saturated heterocycles. The summed E-state index contributed by atoms with van der Waals surface area (Å²) in [5.74, 6) is -1.43. The minimum Gasteiger partial charge on any atom is -0.428 e. The van der Waals surface area contributed by atoms with Crippen LogP contribution in [0.4, 0.5) is 4.79 Å². The van der Waals surface area contributed by atoms with Crippen LogP contribution in [0.15, 0.2) is 60.7 Å². The number of hydrogen-bond acceptors (Lipinski definition) is 9. The smallest absolute Gasteiger partial charge is 0.370 e. The maximum absolute atomic E-state index is 11.7. The number of thioether (sulfide) groups is 1. The van der Waals surface area contributed by atoms with Crippen LogP contribution in [0, 0.1) is 0 Å². The number of benzene rings is 2. The third-order valence-corrected chi connectivity index (χ3v) is 4.39. The van der Waals surface area contributed by atoms with Crippen molar-refractivity contribution in [2.45, 2.75) is 12.8 Å². The van der Waals surface area contributed by atoms with Crippen molar-refractivity contribution in [1.29, 1.82) is 0 Å². The van der Waals surface area contributed by atoms with Crippen LogP contribution in [-0.2, 0) is 23.7 Å². The molecular weight excluding hydrogens is 412 g/mol. The predicted octanol–water partition coefficient (Wildman–Crippen LogP) is 3.81. The second-order valence-corrected chi connectivity index (χ2v) is 6.72. The van der Waals surface area contributed by atoms with E-state index in [1.807, 2.05) is 0 Å². The number of carbonyl (C=O) groups excluding carboxylic acids is 4. The molecular formula is C21H20O8S. The van der Waals surface area contributed by atoms with Crippen LogP contribution in [-0.4, -0.2) is 42.5 Å². The average molecular weight is 432 g/mol. The Labute approximate surface area is 177 Å². The van der Waals surface area contributed by atoms with Crippen molar-refractivity contribution >= 4 is 35.0 Å². The summed E-state index contributed by atoms with van der Waals surface area (Å²) in [4.78, 5) is 46.5. The second kappa shape index (κ2) is 13.0. The molecule has 0 unspecified atom stereocenters. The highest BCUT2D eigenvalue weighted by molar-refractivity contribution is 8.13. The van der Waals surface area contributed by atoms with Gasteiger partial charge in [-0.3, -0.25) is 4.79 Å². The van der Waals surface area contributed by atoms with Crippen LogP contribution in [0.1, 0.15) is 33.6 Å². The number of rotatable bonds is 10. The van der Waals surface area contributed by atoms with Gasteiger partial charge in [0.2, 0.25) is 13.6 Å². The molecule has 0 fully saturated rings. The van der Waals surface area contributed by atoms with E-state index >= 15 is 0 Å². The first-order chi connectivity index (χ1) is 14.6. The molecule has 0 aliphatic rings. The molecule has 0 radical (unpaired) electrons. The van der Waals surface area contributed by atoms with E-state index in [0.29, 0.717) is 23.3 Å². The molecule has 158 valence electrons. The van der Waals surface area contributed by atoms with Gasteiger partial charge in [-0.05, 0) is 42.4 Å². The number of esters is 3. The SMILES string of the molecule is O=C(CCCSC(=O)OCOC(=O)c1ccccc1)OCOC(=O)c1ccccc1. The fraction of sp³-hybridized carbons (Fsp3) is 0.238. The lowest BCUT2D eigenvalue weighted by Crippen LogP contribution is -2.13. The fourth-order valence-corrected chi connectivity index (χ4v) is 2.67. The van der Waals surface area contributed by atoms with Gasteiger partial charge in [0.1, 0.15) is 0 Å². The van der Waals surface area contributed by atoms with E-state index in [-0.39, 0.29) is 6.42 Å². The summed E-state index contributed by atoms with van der Waals surface area (Å²) in [5.41, 5.74) is 0.715. The quantitative estimate of drug-likeness (QED) is 0.315. The first kappa shape index (κ1) is 23.0. The van der Waals surface area contributed by atoms with Crippen molar-refractivity contribution in [3.8, 4) is 0 Å². The van der Waals surface area contributed by atoms with Gasteiger partial charge in [0, 0.05) is 12.2 Å². The molecule has 8 nitrogen and oxygen atoms in total. The van der Waals surface area contributed by atoms with Crippen molar-refractivity contribution in [2.24, 2.45) is 0 Å². The molecule has 30 heavy (non-hydrogen) atoms. The van der Waals surface area contributed by atoms with Gasteiger partial charge in [-0.1, -0.05) is 36.4 Å². The highest BCUT2D eigenvalue weighted by Gasteiger charge is 2.11. The summed E-state index contributed by atoms with van der Waals surface area (Å²) in [7, 11) is 0. The maximum atomic E-state index is 11.7. The minimum absolute atomic E-state index is 0.0478. The Morgan fingerprint density at radius 2 is 1.17 bits per heavy atom. The van der Waals surface area contributed by atoms with E-state index in [4.69, 9.17) is 18.9 Å². The predicted molar refractivity (Wildman–Crippen MR) is 108 cm³/mol. The maximum Gasteiger partial charge on any atom is 0.370 e. The van der Waals surface area contributed by atoms with Gasteiger partial charge in [-0.15, -0.1) is 0 Å². The van der Waals surface area contributed by atoms with Crippen molar-refractivity contribution in [1.82, 2.24) is 0 Å². The molecule has 0 aliphatic heterocycles. The molecule has 2 rings (SSSR count). The summed E-state index contributed by atoms with van der Waals surface area (Å²) >= 11 is 0.846. The first-order valence-corrected chi connectivity index (χ1v) is 9.94. The molecule has 0 spiro atoms. The Morgan fingerprint density at radius 3 is 1.70 bits per heavy atom. The van der Waals surface area contributed by atoms with Crippen molar-refractivity contribution in [2.75, 3.05) is 19.3 Å². The van der Waals surface area contributed by atoms with E-state index in [1.54, 1.807) is 60.7 Å². The molecule has 0 N–H and O–H groups in total. The Morgan fingerprint density at radius 1 is 0.667 bits per heavy atom. The van der Waals surface area contributed by atoms with Gasteiger partial charge in [0.05, 0.1) is 11.1 Å². The Hall–Kier alpha value is -3.33. The Balaban J connectivity index is 1.49. The first-order valence-electron chi connectivity index (χ1n) is 8.96. The lowest BCUT2D eigenvalue weighted by Gasteiger charge is -2.07. The Kier molecular flexibility index (Phi) is 9.94. The molecule has 2 aromatic carbocycles. The summed E-state index contributed by atoms with van der Waals surface area (Å²) in [5, 5.41) is -0.624. The molecule has 0 heterocycles. The molecule has 0 aromatic heterocycles. The van der Waals surface area contributed by atoms with Gasteiger partial charge < -0.3 is 18.9 Å². The van der Waals surface area contributed by atoms with Crippen molar-refractivity contribution in [3.63, 3.8) is 0 Å². The average Bonchev–Trinajstić information content (AvgIpc) is 2.77. The Bertz CT molecular complexity index is 767. The second-order valence-electron chi connectivity index (χ2n) is 5.69. The number of carbonyl (C=O) groups is 4. The highest BCUT2D eigenvalue weighted by Crippen LogP contribution is 2.10. The van der Waals surface area contributed by atoms with Crippen LogP contribution in [0.2, 0.25) is 0 Å². The zero-order chi connectivity index (χ0) is 21.6. The summed E-state index contributed by atoms with van der Waals surface area (Å²) in [6.07, 6.45) is 0.404. The van der Waals surface area contributed by atoms with Gasteiger partial charge >= 0.3 is 23.2 Å².